The summed E-state index contributed by atoms with van der Waals surface area (Å²) in [6.45, 7) is 7.23. The second kappa shape index (κ2) is 10.3. The van der Waals surface area contributed by atoms with Gasteiger partial charge in [-0.15, -0.1) is 0 Å². The number of nitrogens with one attached hydrogen (secondary N) is 2. The number of hydrogen-bond donors (Lipinski definition) is 3. The van der Waals surface area contributed by atoms with Crippen LogP contribution in [-0.2, 0) is 6.54 Å². The summed E-state index contributed by atoms with van der Waals surface area (Å²) in [6, 6.07) is 6.43. The minimum absolute atomic E-state index is 0.113. The molecule has 3 N–H and O–H groups in total. The number of benzene rings is 1. The highest BCUT2D eigenvalue weighted by molar-refractivity contribution is 5.79. The molecule has 0 aliphatic carbocycles. The van der Waals surface area contributed by atoms with E-state index in [1.165, 1.54) is 12.1 Å². The smallest absolute Gasteiger partial charge is 0.191 e. The van der Waals surface area contributed by atoms with Crippen LogP contribution < -0.4 is 10.6 Å². The summed E-state index contributed by atoms with van der Waals surface area (Å²) in [7, 11) is 0. The zero-order valence-corrected chi connectivity index (χ0v) is 14.5. The van der Waals surface area contributed by atoms with Crippen LogP contribution >= 0.6 is 0 Å². The lowest BCUT2D eigenvalue weighted by Crippen LogP contribution is -2.40. The number of nitrogens with zero attached hydrogens (tertiary/aromatic N) is 2. The van der Waals surface area contributed by atoms with Gasteiger partial charge in [-0.2, -0.15) is 0 Å². The Hall–Kier alpha value is -1.66. The van der Waals surface area contributed by atoms with Gasteiger partial charge in [0.15, 0.2) is 5.96 Å². The van der Waals surface area contributed by atoms with Gasteiger partial charge in [0, 0.05) is 26.2 Å². The van der Waals surface area contributed by atoms with E-state index in [1.54, 1.807) is 12.1 Å². The molecule has 0 aromatic heterocycles. The SMILES string of the molecule is CCNC(=NCc1ccc(F)cc1)NCCCN1CCC(O)CC1. The maximum Gasteiger partial charge on any atom is 0.191 e. The molecule has 24 heavy (non-hydrogen) atoms. The minimum Gasteiger partial charge on any atom is -0.393 e. The van der Waals surface area contributed by atoms with Gasteiger partial charge in [-0.3, -0.25) is 0 Å². The van der Waals surface area contributed by atoms with Crippen molar-refractivity contribution in [1.29, 1.82) is 0 Å². The molecule has 2 rings (SSSR count). The standard InChI is InChI=1S/C18H29FN4O/c1-2-20-18(22-14-15-4-6-16(19)7-5-15)21-10-3-11-23-12-8-17(24)9-13-23/h4-7,17,24H,2-3,8-14H2,1H3,(H2,20,21,22). The summed E-state index contributed by atoms with van der Waals surface area (Å²) in [4.78, 5) is 6.93. The largest absolute Gasteiger partial charge is 0.393 e. The molecule has 0 radical (unpaired) electrons. The Labute approximate surface area is 144 Å². The van der Waals surface area contributed by atoms with E-state index < -0.39 is 0 Å². The molecule has 1 aliphatic heterocycles. The van der Waals surface area contributed by atoms with E-state index in [-0.39, 0.29) is 11.9 Å². The average molecular weight is 336 g/mol. The minimum atomic E-state index is -0.224. The number of aliphatic hydroxyl groups is 1. The van der Waals surface area contributed by atoms with E-state index in [2.05, 4.69) is 20.5 Å². The molecule has 1 fully saturated rings. The molecule has 1 aromatic carbocycles. The summed E-state index contributed by atoms with van der Waals surface area (Å²) >= 11 is 0. The van der Waals surface area contributed by atoms with E-state index in [9.17, 15) is 9.50 Å². The Kier molecular flexibility index (Phi) is 7.98. The van der Waals surface area contributed by atoms with Crippen LogP contribution in [-0.4, -0.2) is 54.8 Å². The molecule has 0 saturated carbocycles. The normalized spacial score (nSPS) is 17.0. The Balaban J connectivity index is 1.70. The first-order chi connectivity index (χ1) is 11.7. The second-order valence-electron chi connectivity index (χ2n) is 6.17. The lowest BCUT2D eigenvalue weighted by molar-refractivity contribution is 0.0823. The van der Waals surface area contributed by atoms with Crippen molar-refractivity contribution in [3.63, 3.8) is 0 Å². The van der Waals surface area contributed by atoms with Crippen molar-refractivity contribution in [2.24, 2.45) is 4.99 Å². The fourth-order valence-electron chi connectivity index (χ4n) is 2.75. The van der Waals surface area contributed by atoms with Gasteiger partial charge in [-0.05, 0) is 50.4 Å². The summed E-state index contributed by atoms with van der Waals surface area (Å²) in [5.41, 5.74) is 0.987. The number of hydrogen-bond acceptors (Lipinski definition) is 3. The predicted octanol–water partition coefficient (Wildman–Crippen LogP) is 1.73. The number of piperidine rings is 1. The first-order valence-corrected chi connectivity index (χ1v) is 8.84. The highest BCUT2D eigenvalue weighted by atomic mass is 19.1. The summed E-state index contributed by atoms with van der Waals surface area (Å²) in [5.74, 6) is 0.564. The van der Waals surface area contributed by atoms with Crippen LogP contribution in [0.25, 0.3) is 0 Å². The number of halogens is 1. The zero-order chi connectivity index (χ0) is 17.2. The number of likely N-dealkylation sites (tertiary alicyclic amines) is 1. The topological polar surface area (TPSA) is 59.9 Å². The van der Waals surface area contributed by atoms with Crippen molar-refractivity contribution in [3.8, 4) is 0 Å². The molecular formula is C18H29FN4O. The van der Waals surface area contributed by atoms with Gasteiger partial charge in [-0.25, -0.2) is 9.38 Å². The van der Waals surface area contributed by atoms with E-state index in [4.69, 9.17) is 0 Å². The maximum absolute atomic E-state index is 12.9. The lowest BCUT2D eigenvalue weighted by atomic mass is 10.1. The van der Waals surface area contributed by atoms with E-state index in [1.807, 2.05) is 6.92 Å². The third-order valence-corrected chi connectivity index (χ3v) is 4.18. The van der Waals surface area contributed by atoms with E-state index >= 15 is 0 Å². The average Bonchev–Trinajstić information content (AvgIpc) is 2.59. The van der Waals surface area contributed by atoms with Crippen molar-refractivity contribution in [1.82, 2.24) is 15.5 Å². The Morgan fingerprint density at radius 3 is 2.62 bits per heavy atom. The van der Waals surface area contributed by atoms with E-state index in [0.717, 1.165) is 63.5 Å². The molecule has 134 valence electrons. The van der Waals surface area contributed by atoms with Gasteiger partial charge in [0.2, 0.25) is 0 Å². The number of aliphatic hydroxyl groups excluding tert-OH is 1. The molecule has 1 heterocycles. The van der Waals surface area contributed by atoms with Gasteiger partial charge in [0.05, 0.1) is 12.6 Å². The van der Waals surface area contributed by atoms with Crippen LogP contribution in [0, 0.1) is 5.82 Å². The van der Waals surface area contributed by atoms with Gasteiger partial charge < -0.3 is 20.6 Å². The highest BCUT2D eigenvalue weighted by Crippen LogP contribution is 2.09. The number of aliphatic imine (C=N–C) groups is 1. The predicted molar refractivity (Wildman–Crippen MR) is 95.5 cm³/mol. The van der Waals surface area contributed by atoms with Crippen LogP contribution in [0.5, 0.6) is 0 Å². The van der Waals surface area contributed by atoms with Gasteiger partial charge >= 0.3 is 0 Å². The first kappa shape index (κ1) is 18.7. The molecule has 0 spiro atoms. The zero-order valence-electron chi connectivity index (χ0n) is 14.5. The Morgan fingerprint density at radius 2 is 1.96 bits per heavy atom. The number of rotatable bonds is 7. The van der Waals surface area contributed by atoms with Gasteiger partial charge in [-0.1, -0.05) is 12.1 Å². The van der Waals surface area contributed by atoms with Crippen LogP contribution in [0.2, 0.25) is 0 Å². The molecule has 6 heteroatoms. The monoisotopic (exact) mass is 336 g/mol. The third kappa shape index (κ3) is 6.84. The van der Waals surface area contributed by atoms with Crippen molar-refractivity contribution in [3.05, 3.63) is 35.6 Å². The quantitative estimate of drug-likeness (QED) is 0.403. The van der Waals surface area contributed by atoms with Crippen LogP contribution in [0.15, 0.2) is 29.3 Å². The molecule has 0 atom stereocenters. The summed E-state index contributed by atoms with van der Waals surface area (Å²) in [6.07, 6.45) is 2.69. The van der Waals surface area contributed by atoms with Crippen LogP contribution in [0.3, 0.4) is 0 Å². The Bertz CT molecular complexity index is 498. The molecule has 1 aromatic rings. The molecule has 0 amide bonds. The highest BCUT2D eigenvalue weighted by Gasteiger charge is 2.15. The molecule has 0 unspecified atom stereocenters. The molecular weight excluding hydrogens is 307 g/mol. The molecule has 1 saturated heterocycles. The van der Waals surface area contributed by atoms with Crippen LogP contribution in [0.1, 0.15) is 31.7 Å². The molecule has 1 aliphatic rings. The van der Waals surface area contributed by atoms with Crippen molar-refractivity contribution < 1.29 is 9.50 Å². The Morgan fingerprint density at radius 1 is 1.25 bits per heavy atom. The van der Waals surface area contributed by atoms with Crippen molar-refractivity contribution >= 4 is 5.96 Å². The van der Waals surface area contributed by atoms with Crippen molar-refractivity contribution in [2.45, 2.75) is 38.8 Å². The first-order valence-electron chi connectivity index (χ1n) is 8.84. The summed E-state index contributed by atoms with van der Waals surface area (Å²) in [5, 5.41) is 16.1. The fourth-order valence-corrected chi connectivity index (χ4v) is 2.75. The van der Waals surface area contributed by atoms with E-state index in [0.29, 0.717) is 6.54 Å². The molecule has 5 nitrogen and oxygen atoms in total. The lowest BCUT2D eigenvalue weighted by Gasteiger charge is -2.29. The maximum atomic E-state index is 12.9. The summed E-state index contributed by atoms with van der Waals surface area (Å²) < 4.78 is 12.9. The second-order valence-corrected chi connectivity index (χ2v) is 6.17. The molecule has 0 bridgehead atoms. The fraction of sp³-hybridized carbons (Fsp3) is 0.611. The van der Waals surface area contributed by atoms with Crippen molar-refractivity contribution in [2.75, 3.05) is 32.7 Å². The number of guanidine groups is 1. The third-order valence-electron chi connectivity index (χ3n) is 4.18. The van der Waals surface area contributed by atoms with Crippen LogP contribution in [0.4, 0.5) is 4.39 Å². The van der Waals surface area contributed by atoms with Gasteiger partial charge in [0.25, 0.3) is 0 Å². The van der Waals surface area contributed by atoms with Gasteiger partial charge in [0.1, 0.15) is 5.82 Å².